The number of carbonyl (C=O) groups excluding carboxylic acids is 2. The second-order valence-electron chi connectivity index (χ2n) is 6.32. The third kappa shape index (κ3) is 6.42. The zero-order valence-corrected chi connectivity index (χ0v) is 16.1. The molecule has 0 saturated heterocycles. The monoisotopic (exact) mass is 369 g/mol. The van der Waals surface area contributed by atoms with Crippen LogP contribution in [0.2, 0.25) is 0 Å². The maximum absolute atomic E-state index is 12.4. The molecule has 0 bridgehead atoms. The van der Waals surface area contributed by atoms with Crippen LogP contribution in [0.1, 0.15) is 18.9 Å². The maximum atomic E-state index is 12.4. The fourth-order valence-corrected chi connectivity index (χ4v) is 2.78. The number of hydrogen-bond acceptors (Lipinski definition) is 4. The van der Waals surface area contributed by atoms with Gasteiger partial charge in [-0.1, -0.05) is 37.3 Å². The average molecular weight is 369 g/mol. The smallest absolute Gasteiger partial charge is 0.238 e. The molecule has 0 aliphatic rings. The minimum atomic E-state index is -0.184. The largest absolute Gasteiger partial charge is 0.495 e. The minimum Gasteiger partial charge on any atom is -0.495 e. The van der Waals surface area contributed by atoms with Crippen LogP contribution < -0.4 is 15.4 Å². The number of rotatable bonds is 9. The Morgan fingerprint density at radius 2 is 1.48 bits per heavy atom. The SMILES string of the molecule is CCCN(CC(=O)Nc1ccccc1C)CC(=O)Nc1ccccc1OC. The number of aryl methyl sites for hydroxylation is 1. The van der Waals surface area contributed by atoms with Crippen molar-refractivity contribution in [3.63, 3.8) is 0 Å². The fraction of sp³-hybridized carbons (Fsp3) is 0.333. The van der Waals surface area contributed by atoms with E-state index < -0.39 is 0 Å². The Morgan fingerprint density at radius 3 is 2.07 bits per heavy atom. The predicted octanol–water partition coefficient (Wildman–Crippen LogP) is 3.29. The van der Waals surface area contributed by atoms with E-state index in [0.717, 1.165) is 17.7 Å². The van der Waals surface area contributed by atoms with Crippen LogP contribution in [0.15, 0.2) is 48.5 Å². The number of amides is 2. The van der Waals surface area contributed by atoms with E-state index in [1.165, 1.54) is 0 Å². The lowest BCUT2D eigenvalue weighted by molar-refractivity contribution is -0.120. The summed E-state index contributed by atoms with van der Waals surface area (Å²) >= 11 is 0. The van der Waals surface area contributed by atoms with E-state index in [9.17, 15) is 9.59 Å². The first-order valence-corrected chi connectivity index (χ1v) is 9.04. The van der Waals surface area contributed by atoms with Gasteiger partial charge < -0.3 is 15.4 Å². The van der Waals surface area contributed by atoms with E-state index in [-0.39, 0.29) is 24.9 Å². The molecule has 0 heterocycles. The zero-order valence-electron chi connectivity index (χ0n) is 16.1. The summed E-state index contributed by atoms with van der Waals surface area (Å²) in [5.41, 5.74) is 2.41. The summed E-state index contributed by atoms with van der Waals surface area (Å²) < 4.78 is 5.25. The van der Waals surface area contributed by atoms with Gasteiger partial charge in [0.15, 0.2) is 0 Å². The Hall–Kier alpha value is -2.86. The van der Waals surface area contributed by atoms with Crippen molar-refractivity contribution < 1.29 is 14.3 Å². The first-order chi connectivity index (χ1) is 13.0. The normalized spacial score (nSPS) is 10.5. The van der Waals surface area contributed by atoms with Gasteiger partial charge >= 0.3 is 0 Å². The molecule has 0 aliphatic carbocycles. The summed E-state index contributed by atoms with van der Waals surface area (Å²) in [5.74, 6) is 0.282. The Kier molecular flexibility index (Phi) is 7.82. The van der Waals surface area contributed by atoms with Gasteiger partial charge in [-0.25, -0.2) is 0 Å². The van der Waals surface area contributed by atoms with Gasteiger partial charge in [0, 0.05) is 5.69 Å². The third-order valence-corrected chi connectivity index (χ3v) is 4.07. The first kappa shape index (κ1) is 20.5. The number of carbonyl (C=O) groups is 2. The highest BCUT2D eigenvalue weighted by Crippen LogP contribution is 2.22. The number of ether oxygens (including phenoxy) is 1. The highest BCUT2D eigenvalue weighted by atomic mass is 16.5. The predicted molar refractivity (Wildman–Crippen MR) is 108 cm³/mol. The number of para-hydroxylation sites is 3. The number of methoxy groups -OCH3 is 1. The van der Waals surface area contributed by atoms with Crippen molar-refractivity contribution in [2.24, 2.45) is 0 Å². The molecule has 0 atom stereocenters. The van der Waals surface area contributed by atoms with Crippen molar-refractivity contribution in [2.75, 3.05) is 37.4 Å². The molecule has 2 amide bonds. The van der Waals surface area contributed by atoms with Crippen LogP contribution in [0.3, 0.4) is 0 Å². The van der Waals surface area contributed by atoms with E-state index in [4.69, 9.17) is 4.74 Å². The van der Waals surface area contributed by atoms with Gasteiger partial charge in [0.2, 0.25) is 11.8 Å². The molecule has 2 rings (SSSR count). The van der Waals surface area contributed by atoms with Crippen molar-refractivity contribution in [3.8, 4) is 5.75 Å². The summed E-state index contributed by atoms with van der Waals surface area (Å²) in [4.78, 5) is 26.6. The van der Waals surface area contributed by atoms with E-state index in [1.54, 1.807) is 19.2 Å². The van der Waals surface area contributed by atoms with E-state index in [0.29, 0.717) is 18.0 Å². The number of benzene rings is 2. The van der Waals surface area contributed by atoms with Crippen LogP contribution in [0.5, 0.6) is 5.75 Å². The van der Waals surface area contributed by atoms with Gasteiger partial charge in [-0.3, -0.25) is 14.5 Å². The molecule has 2 aromatic rings. The van der Waals surface area contributed by atoms with Gasteiger partial charge in [-0.2, -0.15) is 0 Å². The lowest BCUT2D eigenvalue weighted by atomic mass is 10.2. The Labute approximate surface area is 160 Å². The number of nitrogens with zero attached hydrogens (tertiary/aromatic N) is 1. The Bertz CT molecular complexity index is 777. The van der Waals surface area contributed by atoms with E-state index in [1.807, 2.05) is 55.1 Å². The van der Waals surface area contributed by atoms with Crippen LogP contribution in [0, 0.1) is 6.92 Å². The van der Waals surface area contributed by atoms with Crippen molar-refractivity contribution in [3.05, 3.63) is 54.1 Å². The summed E-state index contributed by atoms with van der Waals surface area (Å²) in [6.07, 6.45) is 0.847. The van der Waals surface area contributed by atoms with Gasteiger partial charge in [0.05, 0.1) is 25.9 Å². The number of nitrogens with one attached hydrogen (secondary N) is 2. The highest BCUT2D eigenvalue weighted by Gasteiger charge is 2.15. The molecular formula is C21H27N3O3. The molecule has 0 radical (unpaired) electrons. The molecule has 0 fully saturated rings. The minimum absolute atomic E-state index is 0.132. The van der Waals surface area contributed by atoms with Gasteiger partial charge in [0.1, 0.15) is 5.75 Å². The second-order valence-corrected chi connectivity index (χ2v) is 6.32. The molecule has 2 aromatic carbocycles. The standard InChI is InChI=1S/C21H27N3O3/c1-4-13-24(14-20(25)22-17-10-6-5-9-16(17)2)15-21(26)23-18-11-7-8-12-19(18)27-3/h5-12H,4,13-15H2,1-3H3,(H,22,25)(H,23,26). The maximum Gasteiger partial charge on any atom is 0.238 e. The molecule has 6 heteroatoms. The lowest BCUT2D eigenvalue weighted by Crippen LogP contribution is -2.39. The summed E-state index contributed by atoms with van der Waals surface area (Å²) in [6.45, 7) is 4.90. The molecule has 0 aromatic heterocycles. The van der Waals surface area contributed by atoms with Gasteiger partial charge in [-0.05, 0) is 43.7 Å². The highest BCUT2D eigenvalue weighted by molar-refractivity contribution is 5.95. The molecule has 0 unspecified atom stereocenters. The van der Waals surface area contributed by atoms with Crippen LogP contribution in [0.25, 0.3) is 0 Å². The van der Waals surface area contributed by atoms with Crippen molar-refractivity contribution in [2.45, 2.75) is 20.3 Å². The Morgan fingerprint density at radius 1 is 0.926 bits per heavy atom. The van der Waals surface area contributed by atoms with Gasteiger partial charge in [0.25, 0.3) is 0 Å². The summed E-state index contributed by atoms with van der Waals surface area (Å²) in [7, 11) is 1.56. The second kappa shape index (κ2) is 10.3. The molecule has 6 nitrogen and oxygen atoms in total. The van der Waals surface area contributed by atoms with Crippen molar-refractivity contribution in [1.29, 1.82) is 0 Å². The van der Waals surface area contributed by atoms with Crippen LogP contribution in [-0.4, -0.2) is 43.5 Å². The van der Waals surface area contributed by atoms with Crippen molar-refractivity contribution in [1.82, 2.24) is 4.90 Å². The number of hydrogen-bond donors (Lipinski definition) is 2. The molecule has 27 heavy (non-hydrogen) atoms. The molecule has 144 valence electrons. The van der Waals surface area contributed by atoms with E-state index >= 15 is 0 Å². The molecule has 0 spiro atoms. The molecule has 0 aliphatic heterocycles. The quantitative estimate of drug-likeness (QED) is 0.712. The Balaban J connectivity index is 1.95. The lowest BCUT2D eigenvalue weighted by Gasteiger charge is -2.21. The first-order valence-electron chi connectivity index (χ1n) is 9.04. The molecule has 2 N–H and O–H groups in total. The van der Waals surface area contributed by atoms with Gasteiger partial charge in [-0.15, -0.1) is 0 Å². The number of anilines is 2. The van der Waals surface area contributed by atoms with Crippen LogP contribution >= 0.6 is 0 Å². The van der Waals surface area contributed by atoms with Crippen LogP contribution in [-0.2, 0) is 9.59 Å². The average Bonchev–Trinajstić information content (AvgIpc) is 2.64. The summed E-state index contributed by atoms with van der Waals surface area (Å²) in [6, 6.07) is 14.9. The molecule has 0 saturated carbocycles. The third-order valence-electron chi connectivity index (χ3n) is 4.07. The van der Waals surface area contributed by atoms with E-state index in [2.05, 4.69) is 10.6 Å². The fourth-order valence-electron chi connectivity index (χ4n) is 2.78. The zero-order chi connectivity index (χ0) is 19.6. The van der Waals surface area contributed by atoms with Crippen molar-refractivity contribution >= 4 is 23.2 Å². The molecular weight excluding hydrogens is 342 g/mol. The topological polar surface area (TPSA) is 70.7 Å². The van der Waals surface area contributed by atoms with Crippen LogP contribution in [0.4, 0.5) is 11.4 Å². The summed E-state index contributed by atoms with van der Waals surface area (Å²) in [5, 5.41) is 5.75.